The molecule has 0 fully saturated rings. The zero-order chi connectivity index (χ0) is 13.8. The Balaban J connectivity index is 2.05. The fourth-order valence-corrected chi connectivity index (χ4v) is 1.98. The van der Waals surface area contributed by atoms with Crippen molar-refractivity contribution in [1.29, 1.82) is 0 Å². The first-order valence-corrected chi connectivity index (χ1v) is 6.20. The number of aromatic nitrogens is 1. The highest BCUT2D eigenvalue weighted by Gasteiger charge is 2.09. The Hall–Kier alpha value is -1.82. The summed E-state index contributed by atoms with van der Waals surface area (Å²) in [6.07, 6.45) is 0.0935. The summed E-state index contributed by atoms with van der Waals surface area (Å²) in [6.45, 7) is 0. The van der Waals surface area contributed by atoms with Crippen LogP contribution in [0, 0.1) is 11.9 Å². The molecule has 0 unspecified atom stereocenters. The number of nitrogens with one attached hydrogen (secondary N) is 1. The van der Waals surface area contributed by atoms with Gasteiger partial charge < -0.3 is 5.32 Å². The Morgan fingerprint density at radius 3 is 2.74 bits per heavy atom. The molecule has 3 nitrogen and oxygen atoms in total. The Kier molecular flexibility index (Phi) is 4.21. The number of hydrogen-bond acceptors (Lipinski definition) is 2. The Labute approximate surface area is 116 Å². The molecule has 1 aromatic carbocycles. The fraction of sp³-hybridized carbons (Fsp3) is 0.0769. The maximum absolute atomic E-state index is 13.2. The van der Waals surface area contributed by atoms with E-state index in [0.717, 1.165) is 22.2 Å². The largest absolute Gasteiger partial charge is 0.322 e. The van der Waals surface area contributed by atoms with E-state index >= 15 is 0 Å². The summed E-state index contributed by atoms with van der Waals surface area (Å²) in [5, 5.41) is 2.35. The Morgan fingerprint density at radius 1 is 1.26 bits per heavy atom. The van der Waals surface area contributed by atoms with Crippen LogP contribution in [0.1, 0.15) is 5.56 Å². The quantitative estimate of drug-likeness (QED) is 0.879. The summed E-state index contributed by atoms with van der Waals surface area (Å²) >= 11 is 3.30. The lowest BCUT2D eigenvalue weighted by atomic mass is 10.1. The number of halogens is 3. The molecule has 0 saturated heterocycles. The van der Waals surface area contributed by atoms with Gasteiger partial charge in [0.2, 0.25) is 17.8 Å². The van der Waals surface area contributed by atoms with Crippen LogP contribution in [-0.4, -0.2) is 10.9 Å². The van der Waals surface area contributed by atoms with Gasteiger partial charge in [0.25, 0.3) is 0 Å². The first kappa shape index (κ1) is 13.6. The molecule has 6 heteroatoms. The number of carbonyl (C=O) groups is 1. The lowest BCUT2D eigenvalue weighted by Gasteiger charge is -2.06. The Bertz CT molecular complexity index is 619. The van der Waals surface area contributed by atoms with E-state index in [0.29, 0.717) is 0 Å². The van der Waals surface area contributed by atoms with Gasteiger partial charge >= 0.3 is 0 Å². The van der Waals surface area contributed by atoms with Gasteiger partial charge in [-0.1, -0.05) is 28.1 Å². The average Bonchev–Trinajstić information content (AvgIpc) is 2.33. The maximum Gasteiger partial charge on any atom is 0.239 e. The molecular formula is C13H9BrF2N2O. The van der Waals surface area contributed by atoms with E-state index in [-0.39, 0.29) is 12.1 Å². The van der Waals surface area contributed by atoms with Gasteiger partial charge in [0.15, 0.2) is 0 Å². The van der Waals surface area contributed by atoms with Crippen LogP contribution in [-0.2, 0) is 11.2 Å². The van der Waals surface area contributed by atoms with Gasteiger partial charge in [-0.3, -0.25) is 4.79 Å². The number of benzene rings is 1. The molecule has 0 radical (unpaired) electrons. The SMILES string of the molecule is O=C(Cc1cccc(Br)c1)Nc1ccc(F)nc1F. The minimum atomic E-state index is -1.04. The van der Waals surface area contributed by atoms with Crippen LogP contribution in [0.2, 0.25) is 0 Å². The minimum absolute atomic E-state index is 0.0935. The molecule has 1 aromatic heterocycles. The van der Waals surface area contributed by atoms with Crippen molar-refractivity contribution in [3.8, 4) is 0 Å². The normalized spacial score (nSPS) is 10.3. The monoisotopic (exact) mass is 326 g/mol. The molecule has 2 rings (SSSR count). The molecular weight excluding hydrogens is 318 g/mol. The van der Waals surface area contributed by atoms with E-state index in [4.69, 9.17) is 0 Å². The first-order valence-electron chi connectivity index (χ1n) is 5.41. The van der Waals surface area contributed by atoms with Crippen LogP contribution in [0.25, 0.3) is 0 Å². The van der Waals surface area contributed by atoms with E-state index in [1.54, 1.807) is 18.2 Å². The van der Waals surface area contributed by atoms with E-state index in [2.05, 4.69) is 26.2 Å². The molecule has 2 aromatic rings. The van der Waals surface area contributed by atoms with Gasteiger partial charge in [-0.15, -0.1) is 0 Å². The second-order valence-corrected chi connectivity index (χ2v) is 4.74. The van der Waals surface area contributed by atoms with Crippen molar-refractivity contribution < 1.29 is 13.6 Å². The van der Waals surface area contributed by atoms with E-state index in [9.17, 15) is 13.6 Å². The molecule has 1 amide bonds. The molecule has 19 heavy (non-hydrogen) atoms. The number of carbonyl (C=O) groups excluding carboxylic acids is 1. The van der Waals surface area contributed by atoms with E-state index in [1.165, 1.54) is 0 Å². The van der Waals surface area contributed by atoms with Gasteiger partial charge in [0, 0.05) is 4.47 Å². The van der Waals surface area contributed by atoms with Crippen molar-refractivity contribution in [3.05, 3.63) is 58.3 Å². The highest BCUT2D eigenvalue weighted by atomic mass is 79.9. The highest BCUT2D eigenvalue weighted by Crippen LogP contribution is 2.14. The lowest BCUT2D eigenvalue weighted by molar-refractivity contribution is -0.115. The molecule has 1 heterocycles. The maximum atomic E-state index is 13.2. The molecule has 0 aliphatic carbocycles. The number of pyridine rings is 1. The average molecular weight is 327 g/mol. The second kappa shape index (κ2) is 5.88. The molecule has 0 bridgehead atoms. The smallest absolute Gasteiger partial charge is 0.239 e. The molecule has 0 aliphatic heterocycles. The van der Waals surface area contributed by atoms with Crippen LogP contribution in [0.4, 0.5) is 14.5 Å². The predicted molar refractivity (Wildman–Crippen MR) is 70.6 cm³/mol. The van der Waals surface area contributed by atoms with Crippen molar-refractivity contribution >= 4 is 27.5 Å². The predicted octanol–water partition coefficient (Wildman–Crippen LogP) is 3.30. The summed E-state index contributed by atoms with van der Waals surface area (Å²) in [6, 6.07) is 9.33. The van der Waals surface area contributed by atoms with Gasteiger partial charge in [-0.05, 0) is 29.8 Å². The molecule has 1 N–H and O–H groups in total. The van der Waals surface area contributed by atoms with E-state index in [1.807, 2.05) is 6.07 Å². The number of amides is 1. The summed E-state index contributed by atoms with van der Waals surface area (Å²) in [5.74, 6) is -2.37. The van der Waals surface area contributed by atoms with Crippen LogP contribution < -0.4 is 5.32 Å². The van der Waals surface area contributed by atoms with Crippen molar-refractivity contribution in [2.75, 3.05) is 5.32 Å². The van der Waals surface area contributed by atoms with Gasteiger partial charge in [0.05, 0.1) is 12.1 Å². The van der Waals surface area contributed by atoms with Crippen molar-refractivity contribution in [1.82, 2.24) is 4.98 Å². The topological polar surface area (TPSA) is 42.0 Å². The first-order chi connectivity index (χ1) is 9.04. The number of anilines is 1. The second-order valence-electron chi connectivity index (χ2n) is 3.83. The highest BCUT2D eigenvalue weighted by molar-refractivity contribution is 9.10. The zero-order valence-electron chi connectivity index (χ0n) is 9.66. The van der Waals surface area contributed by atoms with Crippen molar-refractivity contribution in [2.45, 2.75) is 6.42 Å². The standard InChI is InChI=1S/C13H9BrF2N2O/c14-9-3-1-2-8(6-9)7-12(19)17-10-4-5-11(15)18-13(10)16/h1-6H,7H2,(H,17,19). The summed E-state index contributed by atoms with van der Waals surface area (Å²) in [5.41, 5.74) is 0.642. The molecule has 0 aliphatic rings. The van der Waals surface area contributed by atoms with Crippen LogP contribution in [0.5, 0.6) is 0 Å². The minimum Gasteiger partial charge on any atom is -0.322 e. The molecule has 0 atom stereocenters. The van der Waals surface area contributed by atoms with Gasteiger partial charge in [-0.2, -0.15) is 13.8 Å². The number of rotatable bonds is 3. The third-order valence-corrected chi connectivity index (χ3v) is 2.84. The van der Waals surface area contributed by atoms with Gasteiger partial charge in [0.1, 0.15) is 0 Å². The van der Waals surface area contributed by atoms with Crippen LogP contribution >= 0.6 is 15.9 Å². The van der Waals surface area contributed by atoms with Crippen LogP contribution in [0.15, 0.2) is 40.9 Å². The fourth-order valence-electron chi connectivity index (χ4n) is 1.53. The molecule has 98 valence electrons. The number of nitrogens with zero attached hydrogens (tertiary/aromatic N) is 1. The third kappa shape index (κ3) is 3.82. The Morgan fingerprint density at radius 2 is 2.05 bits per heavy atom. The summed E-state index contributed by atoms with van der Waals surface area (Å²) in [4.78, 5) is 14.7. The van der Waals surface area contributed by atoms with Crippen molar-refractivity contribution in [2.24, 2.45) is 0 Å². The van der Waals surface area contributed by atoms with Crippen molar-refractivity contribution in [3.63, 3.8) is 0 Å². The third-order valence-electron chi connectivity index (χ3n) is 2.34. The van der Waals surface area contributed by atoms with Crippen LogP contribution in [0.3, 0.4) is 0 Å². The molecule has 0 saturated carbocycles. The van der Waals surface area contributed by atoms with E-state index < -0.39 is 17.8 Å². The van der Waals surface area contributed by atoms with Gasteiger partial charge in [-0.25, -0.2) is 0 Å². The summed E-state index contributed by atoms with van der Waals surface area (Å²) in [7, 11) is 0. The lowest BCUT2D eigenvalue weighted by Crippen LogP contribution is -2.16. The molecule has 0 spiro atoms. The summed E-state index contributed by atoms with van der Waals surface area (Å²) < 4.78 is 26.7. The number of hydrogen-bond donors (Lipinski definition) is 1. The zero-order valence-corrected chi connectivity index (χ0v) is 11.2.